The fourth-order valence-electron chi connectivity index (χ4n) is 3.93. The van der Waals surface area contributed by atoms with Gasteiger partial charge in [0.05, 0.1) is 0 Å². The average Bonchev–Trinajstić information content (AvgIpc) is 3.07. The van der Waals surface area contributed by atoms with Crippen molar-refractivity contribution in [2.45, 2.75) is 63.2 Å². The molecule has 4 heteroatoms. The van der Waals surface area contributed by atoms with Gasteiger partial charge in [0.1, 0.15) is 5.82 Å². The van der Waals surface area contributed by atoms with Gasteiger partial charge in [-0.15, -0.1) is 0 Å². The molecule has 2 fully saturated rings. The van der Waals surface area contributed by atoms with Crippen LogP contribution in [0, 0.1) is 5.92 Å². The van der Waals surface area contributed by atoms with Crippen molar-refractivity contribution in [1.82, 2.24) is 14.8 Å². The van der Waals surface area contributed by atoms with Gasteiger partial charge in [-0.2, -0.15) is 5.10 Å². The first-order valence-corrected chi connectivity index (χ1v) is 7.90. The molecule has 2 aliphatic carbocycles. The molecule has 2 saturated carbocycles. The molecule has 2 atom stereocenters. The van der Waals surface area contributed by atoms with Crippen LogP contribution in [-0.4, -0.2) is 21.3 Å². The molecule has 1 aromatic rings. The van der Waals surface area contributed by atoms with E-state index in [-0.39, 0.29) is 0 Å². The van der Waals surface area contributed by atoms with E-state index in [1.54, 1.807) is 0 Å². The molecule has 0 amide bonds. The lowest BCUT2D eigenvalue weighted by Gasteiger charge is -2.29. The molecule has 0 aliphatic heterocycles. The van der Waals surface area contributed by atoms with Gasteiger partial charge in [0, 0.05) is 18.9 Å². The van der Waals surface area contributed by atoms with Crippen LogP contribution in [0.5, 0.6) is 0 Å². The molecule has 0 aromatic carbocycles. The standard InChI is InChI=1S/C15H26N4/c1-19-15(13-9-5-4-8-12(13)10-16)17-14(18-19)11-6-2-3-7-11/h11-13H,2-10,16H2,1H3. The number of nitrogens with zero attached hydrogens (tertiary/aromatic N) is 3. The van der Waals surface area contributed by atoms with Crippen LogP contribution in [0.4, 0.5) is 0 Å². The predicted molar refractivity (Wildman–Crippen MR) is 76.0 cm³/mol. The van der Waals surface area contributed by atoms with Crippen molar-refractivity contribution in [1.29, 1.82) is 0 Å². The minimum Gasteiger partial charge on any atom is -0.330 e. The van der Waals surface area contributed by atoms with Crippen molar-refractivity contribution in [3.8, 4) is 0 Å². The molecule has 19 heavy (non-hydrogen) atoms. The van der Waals surface area contributed by atoms with Crippen LogP contribution in [0.15, 0.2) is 0 Å². The van der Waals surface area contributed by atoms with Gasteiger partial charge in [0.2, 0.25) is 0 Å². The maximum atomic E-state index is 5.95. The first kappa shape index (κ1) is 13.1. The molecule has 2 N–H and O–H groups in total. The molecule has 0 bridgehead atoms. The first-order valence-electron chi connectivity index (χ1n) is 7.90. The topological polar surface area (TPSA) is 56.7 Å². The van der Waals surface area contributed by atoms with Crippen LogP contribution in [0.3, 0.4) is 0 Å². The SMILES string of the molecule is Cn1nc(C2CCCC2)nc1C1CCCCC1CN. The van der Waals surface area contributed by atoms with Gasteiger partial charge in [-0.25, -0.2) is 4.98 Å². The van der Waals surface area contributed by atoms with Crippen molar-refractivity contribution in [2.24, 2.45) is 18.7 Å². The molecule has 3 rings (SSSR count). The second-order valence-corrected chi connectivity index (χ2v) is 6.32. The molecular weight excluding hydrogens is 236 g/mol. The molecule has 0 spiro atoms. The van der Waals surface area contributed by atoms with E-state index in [0.717, 1.165) is 12.4 Å². The van der Waals surface area contributed by atoms with Crippen molar-refractivity contribution in [3.05, 3.63) is 11.6 Å². The second-order valence-electron chi connectivity index (χ2n) is 6.32. The van der Waals surface area contributed by atoms with Crippen LogP contribution in [-0.2, 0) is 7.05 Å². The molecule has 1 heterocycles. The highest BCUT2D eigenvalue weighted by atomic mass is 15.3. The van der Waals surface area contributed by atoms with Crippen LogP contribution < -0.4 is 5.73 Å². The number of aromatic nitrogens is 3. The third-order valence-corrected chi connectivity index (χ3v) is 5.08. The number of nitrogens with two attached hydrogens (primary N) is 1. The summed E-state index contributed by atoms with van der Waals surface area (Å²) in [5.41, 5.74) is 5.95. The Hall–Kier alpha value is -0.900. The number of rotatable bonds is 3. The van der Waals surface area contributed by atoms with Crippen molar-refractivity contribution in [3.63, 3.8) is 0 Å². The van der Waals surface area contributed by atoms with E-state index in [9.17, 15) is 0 Å². The largest absolute Gasteiger partial charge is 0.330 e. The van der Waals surface area contributed by atoms with Gasteiger partial charge >= 0.3 is 0 Å². The number of hydrogen-bond donors (Lipinski definition) is 1. The van der Waals surface area contributed by atoms with E-state index in [1.807, 2.05) is 4.68 Å². The maximum Gasteiger partial charge on any atom is 0.154 e. The third-order valence-electron chi connectivity index (χ3n) is 5.08. The minimum absolute atomic E-state index is 0.534. The van der Waals surface area contributed by atoms with Crippen LogP contribution >= 0.6 is 0 Å². The average molecular weight is 262 g/mol. The normalized spacial score (nSPS) is 28.9. The molecule has 2 unspecified atom stereocenters. The van der Waals surface area contributed by atoms with E-state index >= 15 is 0 Å². The van der Waals surface area contributed by atoms with E-state index in [4.69, 9.17) is 15.8 Å². The maximum absolute atomic E-state index is 5.95. The highest BCUT2D eigenvalue weighted by Gasteiger charge is 2.31. The summed E-state index contributed by atoms with van der Waals surface area (Å²) >= 11 is 0. The van der Waals surface area contributed by atoms with Crippen molar-refractivity contribution < 1.29 is 0 Å². The molecule has 0 saturated heterocycles. The Morgan fingerprint density at radius 2 is 1.79 bits per heavy atom. The van der Waals surface area contributed by atoms with Crippen molar-refractivity contribution >= 4 is 0 Å². The Morgan fingerprint density at radius 1 is 1.11 bits per heavy atom. The van der Waals surface area contributed by atoms with Crippen molar-refractivity contribution in [2.75, 3.05) is 6.54 Å². The third kappa shape index (κ3) is 2.55. The predicted octanol–water partition coefficient (Wildman–Crippen LogP) is 2.71. The van der Waals surface area contributed by atoms with Gasteiger partial charge in [0.25, 0.3) is 0 Å². The fourth-order valence-corrected chi connectivity index (χ4v) is 3.93. The number of aryl methyl sites for hydroxylation is 1. The summed E-state index contributed by atoms with van der Waals surface area (Å²) in [5, 5.41) is 4.70. The summed E-state index contributed by atoms with van der Waals surface area (Å²) in [5.74, 6) is 4.03. The van der Waals surface area contributed by atoms with E-state index in [1.165, 1.54) is 57.2 Å². The summed E-state index contributed by atoms with van der Waals surface area (Å²) in [6.07, 6.45) is 10.4. The quantitative estimate of drug-likeness (QED) is 0.911. The summed E-state index contributed by atoms with van der Waals surface area (Å²) < 4.78 is 2.03. The molecular formula is C15H26N4. The van der Waals surface area contributed by atoms with E-state index < -0.39 is 0 Å². The minimum atomic E-state index is 0.534. The lowest BCUT2D eigenvalue weighted by Crippen LogP contribution is -2.27. The Balaban J connectivity index is 1.82. The van der Waals surface area contributed by atoms with E-state index in [0.29, 0.717) is 17.8 Å². The molecule has 1 aromatic heterocycles. The fraction of sp³-hybridized carbons (Fsp3) is 0.867. The summed E-state index contributed by atoms with van der Waals surface area (Å²) in [6, 6.07) is 0. The van der Waals surface area contributed by atoms with Gasteiger partial charge < -0.3 is 5.73 Å². The van der Waals surface area contributed by atoms with Crippen LogP contribution in [0.25, 0.3) is 0 Å². The second kappa shape index (κ2) is 5.61. The van der Waals surface area contributed by atoms with Gasteiger partial charge in [0.15, 0.2) is 5.82 Å². The summed E-state index contributed by atoms with van der Waals surface area (Å²) in [4.78, 5) is 4.91. The number of hydrogen-bond acceptors (Lipinski definition) is 3. The van der Waals surface area contributed by atoms with Gasteiger partial charge in [-0.05, 0) is 38.1 Å². The van der Waals surface area contributed by atoms with Crippen LogP contribution in [0.1, 0.15) is 74.9 Å². The van der Waals surface area contributed by atoms with E-state index in [2.05, 4.69) is 7.05 Å². The highest BCUT2D eigenvalue weighted by Crippen LogP contribution is 2.38. The monoisotopic (exact) mass is 262 g/mol. The Labute approximate surface area is 115 Å². The lowest BCUT2D eigenvalue weighted by atomic mass is 9.79. The Kier molecular flexibility index (Phi) is 3.87. The Morgan fingerprint density at radius 3 is 2.53 bits per heavy atom. The summed E-state index contributed by atoms with van der Waals surface area (Å²) in [7, 11) is 2.06. The van der Waals surface area contributed by atoms with Crippen LogP contribution in [0.2, 0.25) is 0 Å². The lowest BCUT2D eigenvalue weighted by molar-refractivity contribution is 0.298. The molecule has 2 aliphatic rings. The van der Waals surface area contributed by atoms with Gasteiger partial charge in [-0.3, -0.25) is 4.68 Å². The molecule has 0 radical (unpaired) electrons. The zero-order chi connectivity index (χ0) is 13.2. The molecule has 106 valence electrons. The molecule has 4 nitrogen and oxygen atoms in total. The zero-order valence-corrected chi connectivity index (χ0v) is 12.0. The Bertz CT molecular complexity index is 420. The van der Waals surface area contributed by atoms with Gasteiger partial charge in [-0.1, -0.05) is 25.7 Å². The highest BCUT2D eigenvalue weighted by molar-refractivity contribution is 5.07. The zero-order valence-electron chi connectivity index (χ0n) is 12.0. The smallest absolute Gasteiger partial charge is 0.154 e. The summed E-state index contributed by atoms with van der Waals surface area (Å²) in [6.45, 7) is 0.788. The first-order chi connectivity index (χ1) is 9.29.